The second kappa shape index (κ2) is 10.6. The average molecular weight is 596 g/mol. The summed E-state index contributed by atoms with van der Waals surface area (Å²) in [6, 6.07) is 2.51. The molecule has 0 bridgehead atoms. The fourth-order valence-electron chi connectivity index (χ4n) is 5.21. The topological polar surface area (TPSA) is 173 Å². The third-order valence-electron chi connectivity index (χ3n) is 7.23. The van der Waals surface area contributed by atoms with Crippen LogP contribution in [-0.4, -0.2) is 80.9 Å². The molecule has 0 saturated carbocycles. The van der Waals surface area contributed by atoms with Gasteiger partial charge in [0, 0.05) is 38.1 Å². The summed E-state index contributed by atoms with van der Waals surface area (Å²) < 4.78 is 42.7. The molecule has 0 aromatic carbocycles. The van der Waals surface area contributed by atoms with Crippen molar-refractivity contribution < 1.29 is 17.6 Å². The molecule has 220 valence electrons. The van der Waals surface area contributed by atoms with Crippen molar-refractivity contribution in [3.63, 3.8) is 0 Å². The van der Waals surface area contributed by atoms with Gasteiger partial charge in [-0.2, -0.15) is 10.1 Å². The SMILES string of the molecule is C=CC(=O)N1CCN(c2nc(=O)n(-c3c(C(C)C)ccnc3S(C)(=O)=O)c3nc(-c4cn[nH]c4N)c(F)cc23)[C@@H](C)C1. The van der Waals surface area contributed by atoms with E-state index in [1.807, 2.05) is 20.8 Å². The van der Waals surface area contributed by atoms with Crippen molar-refractivity contribution in [1.29, 1.82) is 0 Å². The van der Waals surface area contributed by atoms with Gasteiger partial charge in [0.2, 0.25) is 5.91 Å². The Hall–Kier alpha value is -4.66. The number of anilines is 2. The summed E-state index contributed by atoms with van der Waals surface area (Å²) in [4.78, 5) is 42.7. The van der Waals surface area contributed by atoms with Crippen LogP contribution in [0, 0.1) is 5.82 Å². The van der Waals surface area contributed by atoms with Gasteiger partial charge in [-0.05, 0) is 36.6 Å². The van der Waals surface area contributed by atoms with E-state index >= 15 is 4.39 Å². The van der Waals surface area contributed by atoms with Gasteiger partial charge >= 0.3 is 5.69 Å². The van der Waals surface area contributed by atoms with Gasteiger partial charge in [-0.3, -0.25) is 9.89 Å². The van der Waals surface area contributed by atoms with E-state index in [0.29, 0.717) is 25.2 Å². The van der Waals surface area contributed by atoms with Crippen LogP contribution in [0.3, 0.4) is 0 Å². The molecule has 42 heavy (non-hydrogen) atoms. The number of aromatic amines is 1. The number of nitrogens with zero attached hydrogens (tertiary/aromatic N) is 7. The lowest BCUT2D eigenvalue weighted by molar-refractivity contribution is -0.126. The minimum atomic E-state index is -3.94. The van der Waals surface area contributed by atoms with Gasteiger partial charge in [-0.15, -0.1) is 0 Å². The number of rotatable bonds is 6. The molecule has 13 nitrogen and oxygen atoms in total. The molecule has 3 N–H and O–H groups in total. The zero-order valence-corrected chi connectivity index (χ0v) is 24.3. The predicted molar refractivity (Wildman–Crippen MR) is 156 cm³/mol. The molecule has 5 heterocycles. The normalized spacial score (nSPS) is 15.9. The Morgan fingerprint density at radius 2 is 2.02 bits per heavy atom. The molecule has 0 spiro atoms. The van der Waals surface area contributed by atoms with Crippen molar-refractivity contribution in [2.45, 2.75) is 37.8 Å². The zero-order valence-electron chi connectivity index (χ0n) is 23.5. The monoisotopic (exact) mass is 595 g/mol. The average Bonchev–Trinajstić information content (AvgIpc) is 3.36. The number of carbonyl (C=O) groups excluding carboxylic acids is 1. The van der Waals surface area contributed by atoms with Crippen LogP contribution in [0.5, 0.6) is 0 Å². The van der Waals surface area contributed by atoms with Crippen LogP contribution in [-0.2, 0) is 14.6 Å². The second-order valence-corrected chi connectivity index (χ2v) is 12.4. The molecular weight excluding hydrogens is 565 g/mol. The number of nitrogens with one attached hydrogen (secondary N) is 1. The highest BCUT2D eigenvalue weighted by Gasteiger charge is 2.32. The van der Waals surface area contributed by atoms with Crippen LogP contribution in [0.1, 0.15) is 32.3 Å². The van der Waals surface area contributed by atoms with E-state index < -0.39 is 21.3 Å². The van der Waals surface area contributed by atoms with E-state index in [0.717, 1.165) is 10.8 Å². The van der Waals surface area contributed by atoms with Crippen molar-refractivity contribution >= 4 is 38.4 Å². The van der Waals surface area contributed by atoms with E-state index in [4.69, 9.17) is 5.73 Å². The van der Waals surface area contributed by atoms with Gasteiger partial charge in [0.15, 0.2) is 26.3 Å². The van der Waals surface area contributed by atoms with Crippen LogP contribution < -0.4 is 16.3 Å². The van der Waals surface area contributed by atoms with E-state index in [2.05, 4.69) is 31.7 Å². The van der Waals surface area contributed by atoms with E-state index in [9.17, 15) is 18.0 Å². The van der Waals surface area contributed by atoms with Gasteiger partial charge in [0.1, 0.15) is 17.3 Å². The largest absolute Gasteiger partial charge is 0.384 e. The number of halogens is 1. The molecule has 1 atom stereocenters. The highest BCUT2D eigenvalue weighted by Crippen LogP contribution is 2.35. The molecule has 5 rings (SSSR count). The first-order chi connectivity index (χ1) is 19.8. The lowest BCUT2D eigenvalue weighted by atomic mass is 10.0. The van der Waals surface area contributed by atoms with Crippen molar-refractivity contribution in [2.75, 3.05) is 36.5 Å². The minimum Gasteiger partial charge on any atom is -0.384 e. The van der Waals surface area contributed by atoms with Crippen molar-refractivity contribution in [2.24, 2.45) is 0 Å². The Kier molecular flexibility index (Phi) is 7.30. The third-order valence-corrected chi connectivity index (χ3v) is 8.23. The summed E-state index contributed by atoms with van der Waals surface area (Å²) in [5, 5.41) is 6.22. The van der Waals surface area contributed by atoms with Crippen molar-refractivity contribution in [1.82, 2.24) is 34.6 Å². The summed E-state index contributed by atoms with van der Waals surface area (Å²) in [5.74, 6) is -1.00. The van der Waals surface area contributed by atoms with Crippen LogP contribution in [0.2, 0.25) is 0 Å². The number of amides is 1. The van der Waals surface area contributed by atoms with Gasteiger partial charge < -0.3 is 15.5 Å². The number of hydrogen-bond donors (Lipinski definition) is 2. The predicted octanol–water partition coefficient (Wildman–Crippen LogP) is 2.04. The van der Waals surface area contributed by atoms with Gasteiger partial charge in [0.05, 0.1) is 22.8 Å². The maximum atomic E-state index is 15.8. The molecular formula is C27H30FN9O4S. The Balaban J connectivity index is 1.87. The quantitative estimate of drug-likeness (QED) is 0.314. The first-order valence-electron chi connectivity index (χ1n) is 13.1. The summed E-state index contributed by atoms with van der Waals surface area (Å²) in [6.45, 7) is 10.0. The van der Waals surface area contributed by atoms with Gasteiger partial charge in [-0.1, -0.05) is 20.4 Å². The number of nitrogens with two attached hydrogens (primary N) is 1. The van der Waals surface area contributed by atoms with E-state index in [1.54, 1.807) is 15.9 Å². The van der Waals surface area contributed by atoms with E-state index in [1.165, 1.54) is 24.5 Å². The molecule has 1 aliphatic heterocycles. The fourth-order valence-corrected chi connectivity index (χ4v) is 6.02. The highest BCUT2D eigenvalue weighted by molar-refractivity contribution is 7.90. The summed E-state index contributed by atoms with van der Waals surface area (Å²) in [5.41, 5.74) is 5.57. The molecule has 0 aliphatic carbocycles. The Morgan fingerprint density at radius 1 is 1.29 bits per heavy atom. The first kappa shape index (κ1) is 28.9. The standard InChI is InChI=1S/C27H30FN9O4S/c1-6-20(38)35-9-10-36(15(4)13-35)24-17-11-19(28)21(18-12-31-34-23(18)29)32-25(17)37(27(39)33-24)22-16(14(2)3)7-8-30-26(22)42(5,40)41/h6-8,11-12,14-15H,1,9-10,13H2,2-5H3,(H3,29,31,34)/t15-/m0/s1. The molecule has 0 unspecified atom stereocenters. The molecule has 1 fully saturated rings. The Labute approximate surface area is 240 Å². The number of aromatic nitrogens is 6. The van der Waals surface area contributed by atoms with Crippen molar-refractivity contribution in [3.8, 4) is 16.9 Å². The highest BCUT2D eigenvalue weighted by atomic mass is 32.2. The van der Waals surface area contributed by atoms with Gasteiger partial charge in [-0.25, -0.2) is 32.1 Å². The molecule has 1 saturated heterocycles. The van der Waals surface area contributed by atoms with Crippen LogP contribution in [0.25, 0.3) is 28.0 Å². The number of piperazine rings is 1. The summed E-state index contributed by atoms with van der Waals surface area (Å²) >= 11 is 0. The van der Waals surface area contributed by atoms with Gasteiger partial charge in [0.25, 0.3) is 0 Å². The number of hydrogen-bond acceptors (Lipinski definition) is 10. The fraction of sp³-hybridized carbons (Fsp3) is 0.333. The number of carbonyl (C=O) groups is 1. The first-order valence-corrected chi connectivity index (χ1v) is 15.0. The third kappa shape index (κ3) is 4.89. The van der Waals surface area contributed by atoms with Crippen LogP contribution in [0.4, 0.5) is 16.0 Å². The van der Waals surface area contributed by atoms with Crippen LogP contribution in [0.15, 0.2) is 47.0 Å². The molecule has 4 aromatic rings. The number of pyridine rings is 2. The Morgan fingerprint density at radius 3 is 2.62 bits per heavy atom. The molecule has 1 amide bonds. The number of nitrogen functional groups attached to an aromatic ring is 1. The molecule has 0 radical (unpaired) electrons. The van der Waals surface area contributed by atoms with Crippen LogP contribution >= 0.6 is 0 Å². The molecule has 4 aromatic heterocycles. The minimum absolute atomic E-state index is 0.0104. The maximum Gasteiger partial charge on any atom is 0.355 e. The smallest absolute Gasteiger partial charge is 0.355 e. The second-order valence-electron chi connectivity index (χ2n) is 10.5. The molecule has 15 heteroatoms. The lowest BCUT2D eigenvalue weighted by Gasteiger charge is -2.40. The lowest BCUT2D eigenvalue weighted by Crippen LogP contribution is -2.54. The number of H-pyrrole nitrogens is 1. The van der Waals surface area contributed by atoms with E-state index in [-0.39, 0.29) is 62.5 Å². The molecule has 1 aliphatic rings. The maximum absolute atomic E-state index is 15.8. The van der Waals surface area contributed by atoms with Crippen molar-refractivity contribution in [3.05, 3.63) is 59.0 Å². The number of fused-ring (bicyclic) bond motifs is 1. The number of sulfone groups is 1. The zero-order chi connectivity index (χ0) is 30.5. The Bertz CT molecular complexity index is 1900. The summed E-state index contributed by atoms with van der Waals surface area (Å²) in [6.07, 6.45) is 4.90. The summed E-state index contributed by atoms with van der Waals surface area (Å²) in [7, 11) is -3.94.